The smallest absolute Gasteiger partial charge is 0.239 e. The van der Waals surface area contributed by atoms with E-state index in [-0.39, 0.29) is 22.8 Å². The second-order valence-electron chi connectivity index (χ2n) is 7.60. The predicted molar refractivity (Wildman–Crippen MR) is 114 cm³/mol. The van der Waals surface area contributed by atoms with Gasteiger partial charge in [-0.1, -0.05) is 0 Å². The number of benzene rings is 2. The Morgan fingerprint density at radius 3 is 2.26 bits per heavy atom. The fourth-order valence-corrected chi connectivity index (χ4v) is 3.65. The molecule has 2 aromatic carbocycles. The van der Waals surface area contributed by atoms with Gasteiger partial charge in [0.2, 0.25) is 23.2 Å². The van der Waals surface area contributed by atoms with Crippen LogP contribution in [0.25, 0.3) is 22.3 Å². The van der Waals surface area contributed by atoms with Crippen LogP contribution >= 0.6 is 0 Å². The van der Waals surface area contributed by atoms with E-state index in [1.165, 1.54) is 31.4 Å². The van der Waals surface area contributed by atoms with Crippen LogP contribution in [0.1, 0.15) is 0 Å². The maximum atomic E-state index is 13.0. The van der Waals surface area contributed by atoms with Crippen molar-refractivity contribution in [2.24, 2.45) is 0 Å². The number of aliphatic hydroxyl groups is 4. The van der Waals surface area contributed by atoms with E-state index >= 15 is 0 Å². The van der Waals surface area contributed by atoms with E-state index in [0.717, 1.165) is 6.07 Å². The van der Waals surface area contributed by atoms with Crippen LogP contribution in [-0.4, -0.2) is 80.2 Å². The molecule has 4 rings (SSSR count). The first-order chi connectivity index (χ1) is 16.2. The molecule has 7 N–H and O–H groups in total. The van der Waals surface area contributed by atoms with Gasteiger partial charge in [0.1, 0.15) is 41.1 Å². The number of phenols is 3. The minimum Gasteiger partial charge on any atom is -0.508 e. The van der Waals surface area contributed by atoms with Crippen LogP contribution in [0.5, 0.6) is 28.7 Å². The number of hydrogen-bond acceptors (Lipinski definition) is 12. The molecular formula is C22H22O12. The van der Waals surface area contributed by atoms with E-state index in [2.05, 4.69) is 0 Å². The first-order valence-electron chi connectivity index (χ1n) is 10.0. The molecule has 1 aliphatic rings. The number of fused-ring (bicyclic) bond motifs is 1. The number of aliphatic hydroxyl groups excluding tert-OH is 4. The molecule has 2 heterocycles. The van der Waals surface area contributed by atoms with Gasteiger partial charge < -0.3 is 54.4 Å². The summed E-state index contributed by atoms with van der Waals surface area (Å²) in [6.45, 7) is -0.704. The van der Waals surface area contributed by atoms with E-state index in [0.29, 0.717) is 5.56 Å². The molecule has 1 aromatic heterocycles. The molecule has 3 aromatic rings. The topological polar surface area (TPSA) is 200 Å². The highest BCUT2D eigenvalue weighted by atomic mass is 16.7. The highest BCUT2D eigenvalue weighted by Crippen LogP contribution is 2.44. The van der Waals surface area contributed by atoms with Crippen molar-refractivity contribution >= 4 is 11.0 Å². The third-order valence-corrected chi connectivity index (χ3v) is 5.48. The Morgan fingerprint density at radius 1 is 0.971 bits per heavy atom. The SMILES string of the molecule is COc1c(-c2ccc(O)cc2)oc2cc(O[C@H]3O[C@H](CO)[C@@H](O)[C@H](O)[C@H]3O)c(O)c(O)c2c1=O. The van der Waals surface area contributed by atoms with E-state index < -0.39 is 65.4 Å². The normalized spacial score (nSPS) is 24.8. The van der Waals surface area contributed by atoms with E-state index in [1.807, 2.05) is 0 Å². The second kappa shape index (κ2) is 9.00. The molecule has 34 heavy (non-hydrogen) atoms. The first kappa shape index (κ1) is 23.6. The summed E-state index contributed by atoms with van der Waals surface area (Å²) in [4.78, 5) is 13.0. The molecule has 0 spiro atoms. The largest absolute Gasteiger partial charge is 0.508 e. The molecule has 0 aliphatic carbocycles. The Bertz CT molecular complexity index is 1250. The summed E-state index contributed by atoms with van der Waals surface area (Å²) < 4.78 is 21.6. The van der Waals surface area contributed by atoms with Gasteiger partial charge in [-0.15, -0.1) is 0 Å². The first-order valence-corrected chi connectivity index (χ1v) is 10.0. The molecule has 1 fully saturated rings. The van der Waals surface area contributed by atoms with Crippen LogP contribution in [0.2, 0.25) is 0 Å². The van der Waals surface area contributed by atoms with Crippen molar-refractivity contribution in [1.82, 2.24) is 0 Å². The molecule has 0 saturated carbocycles. The molecule has 1 aliphatic heterocycles. The number of hydrogen-bond donors (Lipinski definition) is 7. The Labute approximate surface area is 191 Å². The average molecular weight is 478 g/mol. The Balaban J connectivity index is 1.83. The lowest BCUT2D eigenvalue weighted by Crippen LogP contribution is -2.60. The minimum absolute atomic E-state index is 0.0244. The number of phenolic OH excluding ortho intramolecular Hbond substituents is 3. The van der Waals surface area contributed by atoms with Gasteiger partial charge in [-0.3, -0.25) is 4.79 Å². The minimum atomic E-state index is -1.79. The zero-order valence-corrected chi connectivity index (χ0v) is 17.7. The summed E-state index contributed by atoms with van der Waals surface area (Å²) in [5.74, 6) is -2.61. The van der Waals surface area contributed by atoms with E-state index in [4.69, 9.17) is 18.6 Å². The number of ether oxygens (including phenoxy) is 3. The zero-order chi connectivity index (χ0) is 24.7. The van der Waals surface area contributed by atoms with E-state index in [9.17, 15) is 40.5 Å². The fraction of sp³-hybridized carbons (Fsp3) is 0.318. The average Bonchev–Trinajstić information content (AvgIpc) is 2.82. The van der Waals surface area contributed by atoms with Gasteiger partial charge in [-0.05, 0) is 24.3 Å². The lowest BCUT2D eigenvalue weighted by Gasteiger charge is -2.39. The maximum Gasteiger partial charge on any atom is 0.239 e. The number of aromatic hydroxyl groups is 3. The van der Waals surface area contributed by atoms with Gasteiger partial charge in [-0.25, -0.2) is 0 Å². The fourth-order valence-electron chi connectivity index (χ4n) is 3.65. The van der Waals surface area contributed by atoms with Gasteiger partial charge in [0.05, 0.1) is 13.7 Å². The summed E-state index contributed by atoms with van der Waals surface area (Å²) in [7, 11) is 1.22. The third-order valence-electron chi connectivity index (χ3n) is 5.48. The van der Waals surface area contributed by atoms with Gasteiger partial charge in [-0.2, -0.15) is 0 Å². The number of rotatable bonds is 5. The van der Waals surface area contributed by atoms with Crippen molar-refractivity contribution < 1.29 is 54.4 Å². The Morgan fingerprint density at radius 2 is 1.65 bits per heavy atom. The molecule has 1 saturated heterocycles. The van der Waals surface area contributed by atoms with Crippen LogP contribution in [0.4, 0.5) is 0 Å². The lowest BCUT2D eigenvalue weighted by atomic mass is 9.99. The standard InChI is InChI=1S/C22H22O12/c1-31-21-17(28)13-10(32-20(21)8-2-4-9(24)5-3-8)6-11(14(25)16(13)27)33-22-19(30)18(29)15(26)12(7-23)34-22/h2-6,12,15,18-19,22-27,29-30H,7H2,1H3/t12-,15-,18+,19-,22+/m1/s1. The molecule has 12 heteroatoms. The van der Waals surface area contributed by atoms with Crippen molar-refractivity contribution in [3.05, 3.63) is 40.6 Å². The summed E-state index contributed by atoms with van der Waals surface area (Å²) in [6, 6.07) is 6.71. The van der Waals surface area contributed by atoms with Gasteiger partial charge >= 0.3 is 0 Å². The van der Waals surface area contributed by atoms with Crippen molar-refractivity contribution in [2.75, 3.05) is 13.7 Å². The van der Waals surface area contributed by atoms with Gasteiger partial charge in [0.25, 0.3) is 0 Å². The Kier molecular flexibility index (Phi) is 6.25. The van der Waals surface area contributed by atoms with Crippen molar-refractivity contribution in [1.29, 1.82) is 0 Å². The summed E-state index contributed by atoms with van der Waals surface area (Å²) >= 11 is 0. The van der Waals surface area contributed by atoms with Gasteiger partial charge in [0, 0.05) is 11.6 Å². The van der Waals surface area contributed by atoms with Crippen molar-refractivity contribution in [3.8, 4) is 40.1 Å². The maximum absolute atomic E-state index is 13.0. The van der Waals surface area contributed by atoms with Crippen LogP contribution < -0.4 is 14.9 Å². The molecule has 0 amide bonds. The Hall–Kier alpha value is -3.55. The summed E-state index contributed by atoms with van der Waals surface area (Å²) in [5.41, 5.74) is -0.680. The van der Waals surface area contributed by atoms with E-state index in [1.54, 1.807) is 0 Å². The summed E-state index contributed by atoms with van der Waals surface area (Å²) in [6.07, 6.45) is -8.10. The highest BCUT2D eigenvalue weighted by molar-refractivity contribution is 5.91. The highest BCUT2D eigenvalue weighted by Gasteiger charge is 2.45. The van der Waals surface area contributed by atoms with Crippen molar-refractivity contribution in [2.45, 2.75) is 30.7 Å². The molecular weight excluding hydrogens is 456 g/mol. The molecule has 0 unspecified atom stereocenters. The van der Waals surface area contributed by atoms with Crippen LogP contribution in [-0.2, 0) is 4.74 Å². The number of methoxy groups -OCH3 is 1. The second-order valence-corrected chi connectivity index (χ2v) is 7.60. The monoisotopic (exact) mass is 478 g/mol. The summed E-state index contributed by atoms with van der Waals surface area (Å²) in [5, 5.41) is 69.4. The van der Waals surface area contributed by atoms with Crippen LogP contribution in [0, 0.1) is 0 Å². The van der Waals surface area contributed by atoms with Crippen molar-refractivity contribution in [3.63, 3.8) is 0 Å². The van der Waals surface area contributed by atoms with Crippen LogP contribution in [0.15, 0.2) is 39.5 Å². The van der Waals surface area contributed by atoms with Crippen LogP contribution in [0.3, 0.4) is 0 Å². The van der Waals surface area contributed by atoms with Gasteiger partial charge in [0.15, 0.2) is 17.3 Å². The molecule has 0 bridgehead atoms. The molecule has 12 nitrogen and oxygen atoms in total. The predicted octanol–water partition coefficient (Wildman–Crippen LogP) is -0.236. The third kappa shape index (κ3) is 3.87. The quantitative estimate of drug-likeness (QED) is 0.238. The molecule has 182 valence electrons. The molecule has 0 radical (unpaired) electrons. The molecule has 5 atom stereocenters. The zero-order valence-electron chi connectivity index (χ0n) is 17.7. The lowest BCUT2D eigenvalue weighted by molar-refractivity contribution is -0.277.